The van der Waals surface area contributed by atoms with Gasteiger partial charge in [0, 0.05) is 38.5 Å². The molecule has 0 bridgehead atoms. The standard InChI is InChI=1S/C60H42N2Si/c1-6-20-43(21-7-1)44-34-36-46(37-35-44)61-55-32-18-16-30-52(55)53-39-38-47(42-57(53)61)62-56-33-19-17-31-54(56)59-58(41-40-51(60(59)62)45-22-8-2-9-23-45)63(48-24-10-3-11-25-48,49-26-12-4-13-27-49)50-28-14-5-15-29-50/h1-42H. The van der Waals surface area contributed by atoms with Crippen molar-refractivity contribution < 1.29 is 0 Å². The number of hydrogen-bond donors (Lipinski definition) is 0. The van der Waals surface area contributed by atoms with Gasteiger partial charge in [0.2, 0.25) is 0 Å². The van der Waals surface area contributed by atoms with Gasteiger partial charge in [0.25, 0.3) is 0 Å². The summed E-state index contributed by atoms with van der Waals surface area (Å²) in [7, 11) is -2.96. The van der Waals surface area contributed by atoms with Gasteiger partial charge in [-0.15, -0.1) is 0 Å². The molecule has 0 aliphatic heterocycles. The first kappa shape index (κ1) is 36.8. The summed E-state index contributed by atoms with van der Waals surface area (Å²) in [6.45, 7) is 0. The van der Waals surface area contributed by atoms with Crippen molar-refractivity contribution in [2.75, 3.05) is 0 Å². The predicted octanol–water partition coefficient (Wildman–Crippen LogP) is 12.6. The zero-order chi connectivity index (χ0) is 41.7. The number of aromatic nitrogens is 2. The summed E-state index contributed by atoms with van der Waals surface area (Å²) in [6.07, 6.45) is 0. The van der Waals surface area contributed by atoms with E-state index < -0.39 is 8.07 Å². The van der Waals surface area contributed by atoms with Gasteiger partial charge in [-0.05, 0) is 73.8 Å². The van der Waals surface area contributed by atoms with Gasteiger partial charge in [-0.1, -0.05) is 218 Å². The highest BCUT2D eigenvalue weighted by Crippen LogP contribution is 2.40. The minimum Gasteiger partial charge on any atom is -0.309 e. The molecule has 3 heteroatoms. The van der Waals surface area contributed by atoms with Crippen molar-refractivity contribution in [2.24, 2.45) is 0 Å². The fraction of sp³-hybridized carbons (Fsp3) is 0. The fourth-order valence-electron chi connectivity index (χ4n) is 10.4. The van der Waals surface area contributed by atoms with Crippen LogP contribution in [0.2, 0.25) is 0 Å². The maximum atomic E-state index is 2.55. The van der Waals surface area contributed by atoms with Crippen molar-refractivity contribution in [1.29, 1.82) is 0 Å². The number of fused-ring (bicyclic) bond motifs is 6. The van der Waals surface area contributed by atoms with E-state index in [4.69, 9.17) is 0 Å². The molecule has 0 spiro atoms. The van der Waals surface area contributed by atoms with Gasteiger partial charge >= 0.3 is 0 Å². The molecule has 0 aliphatic rings. The number of benzene rings is 10. The Bertz CT molecular complexity index is 3480. The van der Waals surface area contributed by atoms with Crippen LogP contribution in [0.4, 0.5) is 0 Å². The Morgan fingerprint density at radius 1 is 0.286 bits per heavy atom. The maximum Gasteiger partial charge on any atom is 0.180 e. The summed E-state index contributed by atoms with van der Waals surface area (Å²) in [4.78, 5) is 0. The lowest BCUT2D eigenvalue weighted by Gasteiger charge is -2.35. The van der Waals surface area contributed by atoms with Crippen LogP contribution in [-0.4, -0.2) is 17.2 Å². The topological polar surface area (TPSA) is 9.86 Å². The van der Waals surface area contributed by atoms with Crippen LogP contribution < -0.4 is 20.7 Å². The Morgan fingerprint density at radius 2 is 0.730 bits per heavy atom. The van der Waals surface area contributed by atoms with E-state index >= 15 is 0 Å². The Morgan fingerprint density at radius 3 is 1.32 bits per heavy atom. The average Bonchev–Trinajstić information content (AvgIpc) is 3.89. The van der Waals surface area contributed by atoms with Crippen molar-refractivity contribution >= 4 is 72.4 Å². The lowest BCUT2D eigenvalue weighted by Crippen LogP contribution is -2.74. The molecule has 12 aromatic rings. The van der Waals surface area contributed by atoms with E-state index in [9.17, 15) is 0 Å². The zero-order valence-electron chi connectivity index (χ0n) is 34.6. The first-order valence-corrected chi connectivity index (χ1v) is 23.8. The largest absolute Gasteiger partial charge is 0.309 e. The van der Waals surface area contributed by atoms with E-state index in [0.717, 1.165) is 11.4 Å². The van der Waals surface area contributed by atoms with Gasteiger partial charge in [0.1, 0.15) is 0 Å². The molecule has 12 rings (SSSR count). The van der Waals surface area contributed by atoms with E-state index in [1.54, 1.807) is 0 Å². The zero-order valence-corrected chi connectivity index (χ0v) is 35.6. The van der Waals surface area contributed by atoms with Crippen molar-refractivity contribution in [3.8, 4) is 33.6 Å². The van der Waals surface area contributed by atoms with Gasteiger partial charge < -0.3 is 9.13 Å². The van der Waals surface area contributed by atoms with E-state index in [1.165, 1.54) is 86.6 Å². The minimum atomic E-state index is -2.96. The van der Waals surface area contributed by atoms with Crippen LogP contribution >= 0.6 is 0 Å². The molecule has 0 radical (unpaired) electrons. The third-order valence-corrected chi connectivity index (χ3v) is 17.9. The van der Waals surface area contributed by atoms with E-state index in [2.05, 4.69) is 264 Å². The van der Waals surface area contributed by atoms with Crippen molar-refractivity contribution in [2.45, 2.75) is 0 Å². The summed E-state index contributed by atoms with van der Waals surface area (Å²) in [5, 5.41) is 10.5. The van der Waals surface area contributed by atoms with Crippen LogP contribution in [0.1, 0.15) is 0 Å². The monoisotopic (exact) mass is 818 g/mol. The molecular weight excluding hydrogens is 777 g/mol. The average molecular weight is 819 g/mol. The molecule has 0 aliphatic carbocycles. The molecule has 63 heavy (non-hydrogen) atoms. The second-order valence-corrected chi connectivity index (χ2v) is 20.2. The van der Waals surface area contributed by atoms with Crippen LogP contribution in [0.5, 0.6) is 0 Å². The van der Waals surface area contributed by atoms with Crippen LogP contribution in [-0.2, 0) is 0 Å². The Labute approximate surface area is 368 Å². The van der Waals surface area contributed by atoms with Gasteiger partial charge in [-0.2, -0.15) is 0 Å². The number of hydrogen-bond acceptors (Lipinski definition) is 0. The Kier molecular flexibility index (Phi) is 8.87. The number of nitrogens with zero attached hydrogens (tertiary/aromatic N) is 2. The molecule has 0 fully saturated rings. The van der Waals surface area contributed by atoms with Crippen molar-refractivity contribution in [3.63, 3.8) is 0 Å². The van der Waals surface area contributed by atoms with Gasteiger partial charge in [0.05, 0.1) is 22.1 Å². The van der Waals surface area contributed by atoms with Crippen LogP contribution in [0.3, 0.4) is 0 Å². The minimum absolute atomic E-state index is 1.12. The van der Waals surface area contributed by atoms with Crippen LogP contribution in [0.25, 0.3) is 77.2 Å². The van der Waals surface area contributed by atoms with Gasteiger partial charge in [-0.3, -0.25) is 0 Å². The molecule has 10 aromatic carbocycles. The van der Waals surface area contributed by atoms with Crippen LogP contribution in [0.15, 0.2) is 255 Å². The highest BCUT2D eigenvalue weighted by Gasteiger charge is 2.43. The van der Waals surface area contributed by atoms with Crippen LogP contribution in [0, 0.1) is 0 Å². The summed E-state index contributed by atoms with van der Waals surface area (Å²) >= 11 is 0. The van der Waals surface area contributed by atoms with E-state index in [1.807, 2.05) is 0 Å². The highest BCUT2D eigenvalue weighted by atomic mass is 28.3. The summed E-state index contributed by atoms with van der Waals surface area (Å²) in [5.74, 6) is 0. The van der Waals surface area contributed by atoms with Crippen molar-refractivity contribution in [1.82, 2.24) is 9.13 Å². The molecule has 0 N–H and O–H groups in total. The van der Waals surface area contributed by atoms with Gasteiger partial charge in [-0.25, -0.2) is 0 Å². The van der Waals surface area contributed by atoms with Gasteiger partial charge in [0.15, 0.2) is 8.07 Å². The molecule has 0 atom stereocenters. The Balaban J connectivity index is 1.20. The summed E-state index contributed by atoms with van der Waals surface area (Å²) in [5.41, 5.74) is 11.8. The summed E-state index contributed by atoms with van der Waals surface area (Å²) in [6, 6.07) is 94.3. The number of rotatable bonds is 8. The maximum absolute atomic E-state index is 2.96. The second-order valence-electron chi connectivity index (χ2n) is 16.4. The quantitative estimate of drug-likeness (QED) is 0.107. The fourth-order valence-corrected chi connectivity index (χ4v) is 15.3. The Hall–Kier alpha value is -7.98. The predicted molar refractivity (Wildman–Crippen MR) is 270 cm³/mol. The smallest absolute Gasteiger partial charge is 0.180 e. The SMILES string of the molecule is c1ccc(-c2ccc(-n3c4ccccc4c4ccc(-n5c6ccccc6c6c([Si](c7ccccc7)(c7ccccc7)c7ccccc7)ccc(-c7ccccc7)c65)cc43)cc2)cc1. The first-order valence-electron chi connectivity index (χ1n) is 21.8. The second kappa shape index (κ2) is 15.2. The lowest BCUT2D eigenvalue weighted by atomic mass is 10.0. The third-order valence-electron chi connectivity index (χ3n) is 13.1. The highest BCUT2D eigenvalue weighted by molar-refractivity contribution is 7.20. The molecular formula is C60H42N2Si. The summed E-state index contributed by atoms with van der Waals surface area (Å²) < 4.78 is 5.00. The van der Waals surface area contributed by atoms with E-state index in [-0.39, 0.29) is 0 Å². The molecule has 2 heterocycles. The normalized spacial score (nSPS) is 11.8. The lowest BCUT2D eigenvalue weighted by molar-refractivity contribution is 1.15. The first-order chi connectivity index (χ1) is 31.3. The van der Waals surface area contributed by atoms with Crippen molar-refractivity contribution in [3.05, 3.63) is 255 Å². The number of para-hydroxylation sites is 2. The van der Waals surface area contributed by atoms with E-state index in [0.29, 0.717) is 0 Å². The molecule has 296 valence electrons. The molecule has 0 amide bonds. The molecule has 0 saturated carbocycles. The third kappa shape index (κ3) is 5.85. The molecule has 0 unspecified atom stereocenters. The molecule has 0 saturated heterocycles. The molecule has 2 aromatic heterocycles. The molecule has 2 nitrogen and oxygen atoms in total.